The van der Waals surface area contributed by atoms with Gasteiger partial charge in [-0.15, -0.1) is 0 Å². The van der Waals surface area contributed by atoms with Gasteiger partial charge < -0.3 is 24.8 Å². The third-order valence-electron chi connectivity index (χ3n) is 3.41. The Morgan fingerprint density at radius 1 is 1.39 bits per heavy atom. The molecule has 1 fully saturated rings. The molecule has 128 valence electrons. The Kier molecular flexibility index (Phi) is 6.79. The minimum absolute atomic E-state index is 0.00494. The molecule has 1 heterocycles. The average Bonchev–Trinajstić information content (AvgIpc) is 3.04. The van der Waals surface area contributed by atoms with Crippen LogP contribution in [0.1, 0.15) is 18.4 Å². The molecule has 23 heavy (non-hydrogen) atoms. The number of hydrogen-bond donors (Lipinski definition) is 2. The van der Waals surface area contributed by atoms with Crippen molar-refractivity contribution in [2.45, 2.75) is 32.1 Å². The van der Waals surface area contributed by atoms with Crippen molar-refractivity contribution in [3.63, 3.8) is 0 Å². The van der Waals surface area contributed by atoms with E-state index in [2.05, 4.69) is 15.4 Å². The fourth-order valence-electron chi connectivity index (χ4n) is 2.27. The van der Waals surface area contributed by atoms with E-state index in [0.717, 1.165) is 25.0 Å². The largest absolute Gasteiger partial charge is 0.493 e. The molecule has 0 aliphatic carbocycles. The first-order valence-corrected chi connectivity index (χ1v) is 7.74. The SMILES string of the molecule is COc1cc(CNC(=S)NC[C@@H]2CCCO2)ccc1OC(F)F. The second-order valence-electron chi connectivity index (χ2n) is 5.06. The van der Waals surface area contributed by atoms with Crippen LogP contribution < -0.4 is 20.1 Å². The van der Waals surface area contributed by atoms with E-state index >= 15 is 0 Å². The van der Waals surface area contributed by atoms with Crippen LogP contribution in [0.25, 0.3) is 0 Å². The van der Waals surface area contributed by atoms with E-state index in [9.17, 15) is 8.78 Å². The molecule has 0 bridgehead atoms. The number of ether oxygens (including phenoxy) is 3. The Morgan fingerprint density at radius 3 is 2.87 bits per heavy atom. The molecule has 1 aliphatic rings. The highest BCUT2D eigenvalue weighted by Gasteiger charge is 2.15. The Morgan fingerprint density at radius 2 is 2.22 bits per heavy atom. The van der Waals surface area contributed by atoms with Crippen molar-refractivity contribution in [3.8, 4) is 11.5 Å². The van der Waals surface area contributed by atoms with Crippen LogP contribution in [0.4, 0.5) is 8.78 Å². The molecule has 1 saturated heterocycles. The minimum atomic E-state index is -2.89. The van der Waals surface area contributed by atoms with Gasteiger partial charge in [-0.05, 0) is 42.8 Å². The Labute approximate surface area is 139 Å². The van der Waals surface area contributed by atoms with E-state index in [1.807, 2.05) is 0 Å². The third kappa shape index (κ3) is 5.80. The van der Waals surface area contributed by atoms with Crippen LogP contribution in [-0.4, -0.2) is 38.1 Å². The standard InChI is InChI=1S/C15H20F2N2O3S/c1-20-13-7-10(4-5-12(13)22-14(16)17)8-18-15(23)19-9-11-3-2-6-21-11/h4-5,7,11,14H,2-3,6,8-9H2,1H3,(H2,18,19,23)/t11-/m0/s1. The number of methoxy groups -OCH3 is 1. The predicted octanol–water partition coefficient (Wildman–Crippen LogP) is 2.44. The summed E-state index contributed by atoms with van der Waals surface area (Å²) >= 11 is 5.20. The van der Waals surface area contributed by atoms with Gasteiger partial charge in [0, 0.05) is 19.7 Å². The molecule has 0 spiro atoms. The number of benzene rings is 1. The highest BCUT2D eigenvalue weighted by molar-refractivity contribution is 7.80. The molecular formula is C15H20F2N2O3S. The van der Waals surface area contributed by atoms with Gasteiger partial charge >= 0.3 is 6.61 Å². The summed E-state index contributed by atoms with van der Waals surface area (Å²) < 4.78 is 39.5. The van der Waals surface area contributed by atoms with Gasteiger partial charge in [-0.3, -0.25) is 0 Å². The number of thiocarbonyl (C=S) groups is 1. The summed E-state index contributed by atoms with van der Waals surface area (Å²) in [7, 11) is 1.40. The molecule has 0 aromatic heterocycles. The van der Waals surface area contributed by atoms with E-state index in [4.69, 9.17) is 21.7 Å². The lowest BCUT2D eigenvalue weighted by molar-refractivity contribution is -0.0512. The summed E-state index contributed by atoms with van der Waals surface area (Å²) in [5, 5.41) is 6.68. The molecule has 1 aromatic rings. The van der Waals surface area contributed by atoms with Crippen molar-refractivity contribution in [1.29, 1.82) is 0 Å². The number of alkyl halides is 2. The summed E-state index contributed by atoms with van der Waals surface area (Å²) in [5.74, 6) is 0.258. The Hall–Kier alpha value is -1.67. The van der Waals surface area contributed by atoms with Crippen LogP contribution in [0.15, 0.2) is 18.2 Å². The lowest BCUT2D eigenvalue weighted by atomic mass is 10.2. The van der Waals surface area contributed by atoms with E-state index in [0.29, 0.717) is 18.2 Å². The van der Waals surface area contributed by atoms with E-state index < -0.39 is 6.61 Å². The second-order valence-corrected chi connectivity index (χ2v) is 5.47. The zero-order valence-corrected chi connectivity index (χ0v) is 13.6. The van der Waals surface area contributed by atoms with Gasteiger partial charge in [-0.25, -0.2) is 0 Å². The van der Waals surface area contributed by atoms with Gasteiger partial charge in [0.15, 0.2) is 16.6 Å². The molecule has 0 saturated carbocycles. The Bertz CT molecular complexity index is 525. The van der Waals surface area contributed by atoms with Crippen LogP contribution in [0.2, 0.25) is 0 Å². The van der Waals surface area contributed by atoms with E-state index in [1.54, 1.807) is 12.1 Å². The fourth-order valence-corrected chi connectivity index (χ4v) is 2.43. The second kappa shape index (κ2) is 8.83. The molecule has 0 amide bonds. The van der Waals surface area contributed by atoms with Gasteiger partial charge in [0.2, 0.25) is 0 Å². The zero-order valence-electron chi connectivity index (χ0n) is 12.8. The fraction of sp³-hybridized carbons (Fsp3) is 0.533. The van der Waals surface area contributed by atoms with Crippen LogP contribution in [-0.2, 0) is 11.3 Å². The molecule has 8 heteroatoms. The predicted molar refractivity (Wildman–Crippen MR) is 86.0 cm³/mol. The highest BCUT2D eigenvalue weighted by atomic mass is 32.1. The molecule has 0 radical (unpaired) electrons. The van der Waals surface area contributed by atoms with Crippen molar-refractivity contribution >= 4 is 17.3 Å². The number of halogens is 2. The van der Waals surface area contributed by atoms with Crippen LogP contribution in [0, 0.1) is 0 Å². The van der Waals surface area contributed by atoms with Crippen molar-refractivity contribution in [2.24, 2.45) is 0 Å². The number of hydrogen-bond acceptors (Lipinski definition) is 4. The first-order chi connectivity index (χ1) is 11.1. The molecule has 1 aromatic carbocycles. The summed E-state index contributed by atoms with van der Waals surface area (Å²) in [6.45, 7) is -0.958. The van der Waals surface area contributed by atoms with Crippen molar-refractivity contribution in [2.75, 3.05) is 20.3 Å². The zero-order chi connectivity index (χ0) is 16.7. The quantitative estimate of drug-likeness (QED) is 0.740. The summed E-state index contributed by atoms with van der Waals surface area (Å²) in [6, 6.07) is 4.76. The molecule has 2 rings (SSSR count). The average molecular weight is 346 g/mol. The van der Waals surface area contributed by atoms with Gasteiger partial charge in [0.1, 0.15) is 0 Å². The van der Waals surface area contributed by atoms with Crippen LogP contribution >= 0.6 is 12.2 Å². The van der Waals surface area contributed by atoms with Crippen LogP contribution in [0.3, 0.4) is 0 Å². The van der Waals surface area contributed by atoms with Gasteiger partial charge in [-0.1, -0.05) is 6.07 Å². The van der Waals surface area contributed by atoms with E-state index in [-0.39, 0.29) is 17.6 Å². The smallest absolute Gasteiger partial charge is 0.387 e. The first-order valence-electron chi connectivity index (χ1n) is 7.33. The topological polar surface area (TPSA) is 51.8 Å². The summed E-state index contributed by atoms with van der Waals surface area (Å²) in [4.78, 5) is 0. The lowest BCUT2D eigenvalue weighted by Gasteiger charge is -2.15. The molecule has 1 aliphatic heterocycles. The van der Waals surface area contributed by atoms with Gasteiger partial charge in [0.05, 0.1) is 13.2 Å². The van der Waals surface area contributed by atoms with Crippen LogP contribution in [0.5, 0.6) is 11.5 Å². The molecule has 1 atom stereocenters. The molecular weight excluding hydrogens is 326 g/mol. The third-order valence-corrected chi connectivity index (χ3v) is 3.70. The maximum Gasteiger partial charge on any atom is 0.387 e. The number of rotatable bonds is 7. The first kappa shape index (κ1) is 17.7. The molecule has 5 nitrogen and oxygen atoms in total. The van der Waals surface area contributed by atoms with Crippen molar-refractivity contribution < 1.29 is 23.0 Å². The highest BCUT2D eigenvalue weighted by Crippen LogP contribution is 2.29. The summed E-state index contributed by atoms with van der Waals surface area (Å²) in [6.07, 6.45) is 2.33. The summed E-state index contributed by atoms with van der Waals surface area (Å²) in [5.41, 5.74) is 0.838. The maximum atomic E-state index is 12.3. The van der Waals surface area contributed by atoms with Gasteiger partial charge in [0.25, 0.3) is 0 Å². The monoisotopic (exact) mass is 346 g/mol. The van der Waals surface area contributed by atoms with E-state index in [1.165, 1.54) is 13.2 Å². The normalized spacial score (nSPS) is 17.1. The minimum Gasteiger partial charge on any atom is -0.493 e. The molecule has 2 N–H and O–H groups in total. The van der Waals surface area contributed by atoms with Crippen molar-refractivity contribution in [3.05, 3.63) is 23.8 Å². The number of nitrogens with one attached hydrogen (secondary N) is 2. The Balaban J connectivity index is 1.81. The maximum absolute atomic E-state index is 12.3. The molecule has 0 unspecified atom stereocenters. The van der Waals surface area contributed by atoms with Crippen molar-refractivity contribution in [1.82, 2.24) is 10.6 Å². The van der Waals surface area contributed by atoms with Gasteiger partial charge in [-0.2, -0.15) is 8.78 Å². The lowest BCUT2D eigenvalue weighted by Crippen LogP contribution is -2.39.